The summed E-state index contributed by atoms with van der Waals surface area (Å²) in [4.78, 5) is 10.6. The summed E-state index contributed by atoms with van der Waals surface area (Å²) in [5, 5.41) is 7.80. The van der Waals surface area contributed by atoms with E-state index in [1.807, 2.05) is 11.6 Å². The summed E-state index contributed by atoms with van der Waals surface area (Å²) in [6, 6.07) is 0. The van der Waals surface area contributed by atoms with Gasteiger partial charge in [-0.15, -0.1) is 0 Å². The molecule has 102 valence electrons. The predicted octanol–water partition coefficient (Wildman–Crippen LogP) is 1.72. The smallest absolute Gasteiger partial charge is 0.217 e. The SMILES string of the molecule is CCn1nc(C)c(Br)c1CNCCCCC(N)=O. The summed E-state index contributed by atoms with van der Waals surface area (Å²) >= 11 is 3.56. The quantitative estimate of drug-likeness (QED) is 0.717. The molecule has 0 saturated carbocycles. The van der Waals surface area contributed by atoms with Gasteiger partial charge in [0.05, 0.1) is 15.9 Å². The molecule has 0 radical (unpaired) electrons. The Kier molecular flexibility index (Phi) is 6.35. The lowest BCUT2D eigenvalue weighted by Crippen LogP contribution is -2.18. The molecular formula is C12H21BrN4O. The summed E-state index contributed by atoms with van der Waals surface area (Å²) in [6.45, 7) is 6.60. The van der Waals surface area contributed by atoms with Crippen molar-refractivity contribution in [1.82, 2.24) is 15.1 Å². The molecule has 0 aliphatic rings. The van der Waals surface area contributed by atoms with E-state index in [0.29, 0.717) is 6.42 Å². The van der Waals surface area contributed by atoms with E-state index in [1.54, 1.807) is 0 Å². The second kappa shape index (κ2) is 7.53. The van der Waals surface area contributed by atoms with Crippen LogP contribution in [0.2, 0.25) is 0 Å². The number of nitrogens with two attached hydrogens (primary N) is 1. The first-order chi connectivity index (χ1) is 8.56. The van der Waals surface area contributed by atoms with Crippen LogP contribution >= 0.6 is 15.9 Å². The van der Waals surface area contributed by atoms with Crippen LogP contribution in [0.3, 0.4) is 0 Å². The lowest BCUT2D eigenvalue weighted by molar-refractivity contribution is -0.118. The van der Waals surface area contributed by atoms with E-state index >= 15 is 0 Å². The molecule has 1 heterocycles. The van der Waals surface area contributed by atoms with Gasteiger partial charge in [-0.05, 0) is 49.2 Å². The monoisotopic (exact) mass is 316 g/mol. The molecule has 0 saturated heterocycles. The Labute approximate surface area is 116 Å². The summed E-state index contributed by atoms with van der Waals surface area (Å²) < 4.78 is 3.07. The molecule has 0 spiro atoms. The van der Waals surface area contributed by atoms with Crippen molar-refractivity contribution in [2.24, 2.45) is 5.73 Å². The zero-order chi connectivity index (χ0) is 13.5. The molecule has 0 aliphatic heterocycles. The van der Waals surface area contributed by atoms with Gasteiger partial charge in [-0.2, -0.15) is 5.10 Å². The van der Waals surface area contributed by atoms with Gasteiger partial charge in [-0.1, -0.05) is 0 Å². The standard InChI is InChI=1S/C12H21BrN4O/c1-3-17-10(12(13)9(2)16-17)8-15-7-5-4-6-11(14)18/h15H,3-8H2,1-2H3,(H2,14,18). The fraction of sp³-hybridized carbons (Fsp3) is 0.667. The molecule has 0 fully saturated rings. The van der Waals surface area contributed by atoms with Gasteiger partial charge in [-0.3, -0.25) is 9.48 Å². The number of primary amides is 1. The van der Waals surface area contributed by atoms with Crippen LogP contribution in [-0.4, -0.2) is 22.2 Å². The minimum atomic E-state index is -0.225. The molecule has 0 aliphatic carbocycles. The number of carbonyl (C=O) groups is 1. The van der Waals surface area contributed by atoms with E-state index in [-0.39, 0.29) is 5.91 Å². The van der Waals surface area contributed by atoms with Gasteiger partial charge >= 0.3 is 0 Å². The topological polar surface area (TPSA) is 72.9 Å². The number of rotatable bonds is 8. The third-order valence-electron chi connectivity index (χ3n) is 2.77. The summed E-state index contributed by atoms with van der Waals surface area (Å²) in [5.41, 5.74) is 7.27. The van der Waals surface area contributed by atoms with Crippen molar-refractivity contribution >= 4 is 21.8 Å². The van der Waals surface area contributed by atoms with Crippen molar-refractivity contribution in [3.05, 3.63) is 15.9 Å². The highest BCUT2D eigenvalue weighted by molar-refractivity contribution is 9.10. The van der Waals surface area contributed by atoms with Gasteiger partial charge in [-0.25, -0.2) is 0 Å². The maximum Gasteiger partial charge on any atom is 0.217 e. The van der Waals surface area contributed by atoms with Gasteiger partial charge in [0.15, 0.2) is 0 Å². The van der Waals surface area contributed by atoms with E-state index in [0.717, 1.165) is 42.6 Å². The highest BCUT2D eigenvalue weighted by Gasteiger charge is 2.10. The summed E-state index contributed by atoms with van der Waals surface area (Å²) in [6.07, 6.45) is 2.27. The zero-order valence-corrected chi connectivity index (χ0v) is 12.6. The summed E-state index contributed by atoms with van der Waals surface area (Å²) in [7, 11) is 0. The maximum atomic E-state index is 10.6. The number of aryl methyl sites for hydroxylation is 2. The van der Waals surface area contributed by atoms with E-state index in [1.165, 1.54) is 5.69 Å². The molecule has 0 bridgehead atoms. The lowest BCUT2D eigenvalue weighted by Gasteiger charge is -2.07. The minimum absolute atomic E-state index is 0.225. The molecule has 1 aromatic rings. The van der Waals surface area contributed by atoms with Crippen LogP contribution in [0.4, 0.5) is 0 Å². The van der Waals surface area contributed by atoms with Crippen LogP contribution in [0.5, 0.6) is 0 Å². The number of aromatic nitrogens is 2. The number of halogens is 1. The van der Waals surface area contributed by atoms with Gasteiger partial charge in [0.1, 0.15) is 0 Å². The molecular weight excluding hydrogens is 296 g/mol. The Morgan fingerprint density at radius 2 is 2.22 bits per heavy atom. The third kappa shape index (κ3) is 4.42. The fourth-order valence-corrected chi connectivity index (χ4v) is 2.22. The number of hydrogen-bond acceptors (Lipinski definition) is 3. The first-order valence-electron chi connectivity index (χ1n) is 6.27. The van der Waals surface area contributed by atoms with Crippen LogP contribution < -0.4 is 11.1 Å². The van der Waals surface area contributed by atoms with Crippen molar-refractivity contribution in [2.75, 3.05) is 6.54 Å². The molecule has 0 atom stereocenters. The number of nitrogens with one attached hydrogen (secondary N) is 1. The van der Waals surface area contributed by atoms with Crippen molar-refractivity contribution in [3.63, 3.8) is 0 Å². The number of carbonyl (C=O) groups excluding carboxylic acids is 1. The number of hydrogen-bond donors (Lipinski definition) is 2. The van der Waals surface area contributed by atoms with Crippen molar-refractivity contribution < 1.29 is 4.79 Å². The molecule has 18 heavy (non-hydrogen) atoms. The Morgan fingerprint density at radius 1 is 1.50 bits per heavy atom. The van der Waals surface area contributed by atoms with E-state index in [9.17, 15) is 4.79 Å². The van der Waals surface area contributed by atoms with E-state index in [2.05, 4.69) is 33.3 Å². The Hall–Kier alpha value is -0.880. The summed E-state index contributed by atoms with van der Waals surface area (Å²) in [5.74, 6) is -0.225. The Balaban J connectivity index is 2.33. The van der Waals surface area contributed by atoms with E-state index in [4.69, 9.17) is 5.73 Å². The van der Waals surface area contributed by atoms with E-state index < -0.39 is 0 Å². The van der Waals surface area contributed by atoms with Crippen LogP contribution in [-0.2, 0) is 17.9 Å². The lowest BCUT2D eigenvalue weighted by atomic mass is 10.2. The van der Waals surface area contributed by atoms with Crippen molar-refractivity contribution in [3.8, 4) is 0 Å². The van der Waals surface area contributed by atoms with Crippen LogP contribution in [0.1, 0.15) is 37.6 Å². The average molecular weight is 317 g/mol. The van der Waals surface area contributed by atoms with Crippen LogP contribution in [0.15, 0.2) is 4.47 Å². The fourth-order valence-electron chi connectivity index (χ4n) is 1.79. The molecule has 0 unspecified atom stereocenters. The highest BCUT2D eigenvalue weighted by atomic mass is 79.9. The zero-order valence-electron chi connectivity index (χ0n) is 11.0. The Bertz CT molecular complexity index is 403. The molecule has 5 nitrogen and oxygen atoms in total. The average Bonchev–Trinajstić information content (AvgIpc) is 2.60. The first-order valence-corrected chi connectivity index (χ1v) is 7.06. The first kappa shape index (κ1) is 15.2. The predicted molar refractivity (Wildman–Crippen MR) is 75.1 cm³/mol. The Morgan fingerprint density at radius 3 is 2.83 bits per heavy atom. The number of nitrogens with zero attached hydrogens (tertiary/aromatic N) is 2. The van der Waals surface area contributed by atoms with Gasteiger partial charge in [0.2, 0.25) is 5.91 Å². The normalized spacial score (nSPS) is 10.8. The molecule has 3 N–H and O–H groups in total. The number of unbranched alkanes of at least 4 members (excludes halogenated alkanes) is 1. The van der Waals surface area contributed by atoms with Crippen molar-refractivity contribution in [1.29, 1.82) is 0 Å². The van der Waals surface area contributed by atoms with Crippen molar-refractivity contribution in [2.45, 2.75) is 46.2 Å². The second-order valence-electron chi connectivity index (χ2n) is 4.26. The van der Waals surface area contributed by atoms with Crippen LogP contribution in [0.25, 0.3) is 0 Å². The molecule has 6 heteroatoms. The molecule has 0 aromatic carbocycles. The highest BCUT2D eigenvalue weighted by Crippen LogP contribution is 2.20. The molecule has 1 amide bonds. The number of amides is 1. The second-order valence-corrected chi connectivity index (χ2v) is 5.06. The molecule has 1 aromatic heterocycles. The van der Waals surface area contributed by atoms with Crippen LogP contribution in [0, 0.1) is 6.92 Å². The van der Waals surface area contributed by atoms with Gasteiger partial charge < -0.3 is 11.1 Å². The van der Waals surface area contributed by atoms with Gasteiger partial charge in [0.25, 0.3) is 0 Å². The van der Waals surface area contributed by atoms with Gasteiger partial charge in [0, 0.05) is 19.5 Å². The third-order valence-corrected chi connectivity index (χ3v) is 3.80. The minimum Gasteiger partial charge on any atom is -0.370 e. The molecule has 1 rings (SSSR count). The maximum absolute atomic E-state index is 10.6. The largest absolute Gasteiger partial charge is 0.370 e.